The van der Waals surface area contributed by atoms with E-state index in [0.29, 0.717) is 11.0 Å². The molecule has 0 saturated heterocycles. The molecule has 0 radical (unpaired) electrons. The average molecular weight is 192 g/mol. The number of carbonyl (C=O) groups is 1. The molecule has 0 fully saturated rings. The smallest absolute Gasteiger partial charge is 0.199 e. The molecule has 0 aromatic carbocycles. The van der Waals surface area contributed by atoms with Crippen molar-refractivity contribution in [2.45, 2.75) is 0 Å². The summed E-state index contributed by atoms with van der Waals surface area (Å²) in [6.45, 7) is 0. The number of rotatable bonds is 1. The van der Waals surface area contributed by atoms with Crippen molar-refractivity contribution in [2.24, 2.45) is 0 Å². The van der Waals surface area contributed by atoms with Gasteiger partial charge in [0.05, 0.1) is 5.56 Å². The van der Waals surface area contributed by atoms with E-state index in [-0.39, 0.29) is 15.6 Å². The number of pyridine rings is 1. The lowest BCUT2D eigenvalue weighted by atomic mass is 10.3. The number of carbonyl (C=O) groups excluding carboxylic acids is 1. The molecule has 0 aliphatic carbocycles. The predicted octanol–water partition coefficient (Wildman–Crippen LogP) is 1.44. The first-order valence-electron chi connectivity index (χ1n) is 2.68. The highest BCUT2D eigenvalue weighted by atomic mass is 35.5. The van der Waals surface area contributed by atoms with Crippen LogP contribution in [0, 0.1) is 5.21 Å². The fourth-order valence-corrected chi connectivity index (χ4v) is 1.16. The second-order valence-corrected chi connectivity index (χ2v) is 2.66. The summed E-state index contributed by atoms with van der Waals surface area (Å²) in [7, 11) is 0. The number of halogens is 2. The van der Waals surface area contributed by atoms with E-state index in [2.05, 4.69) is 0 Å². The van der Waals surface area contributed by atoms with E-state index in [1.54, 1.807) is 0 Å². The second-order valence-electron chi connectivity index (χ2n) is 1.85. The maximum atomic E-state index is 10.6. The summed E-state index contributed by atoms with van der Waals surface area (Å²) in [6.07, 6.45) is 2.64. The third kappa shape index (κ3) is 1.61. The lowest BCUT2D eigenvalue weighted by Gasteiger charge is -1.99. The summed E-state index contributed by atoms with van der Waals surface area (Å²) in [5.74, 6) is 0. The highest BCUT2D eigenvalue weighted by Crippen LogP contribution is 2.19. The molecular formula is C6H3Cl2NO2. The Labute approximate surface area is 72.7 Å². The molecule has 0 amide bonds. The van der Waals surface area contributed by atoms with Crippen LogP contribution in [0.25, 0.3) is 0 Å². The monoisotopic (exact) mass is 191 g/mol. The van der Waals surface area contributed by atoms with Crippen LogP contribution in [0.3, 0.4) is 0 Å². The van der Waals surface area contributed by atoms with Crippen LogP contribution in [-0.4, -0.2) is 6.29 Å². The maximum Gasteiger partial charge on any atom is 0.199 e. The number of aldehydes is 1. The minimum Gasteiger partial charge on any atom is -0.619 e. The van der Waals surface area contributed by atoms with Gasteiger partial charge < -0.3 is 5.21 Å². The third-order valence-electron chi connectivity index (χ3n) is 1.11. The van der Waals surface area contributed by atoms with Gasteiger partial charge in [0.25, 0.3) is 0 Å². The van der Waals surface area contributed by atoms with Crippen molar-refractivity contribution in [1.82, 2.24) is 0 Å². The molecule has 0 N–H and O–H groups in total. The van der Waals surface area contributed by atoms with E-state index in [9.17, 15) is 10.0 Å². The van der Waals surface area contributed by atoms with Crippen LogP contribution in [0.2, 0.25) is 10.0 Å². The molecule has 0 bridgehead atoms. The highest BCUT2D eigenvalue weighted by molar-refractivity contribution is 6.38. The fourth-order valence-electron chi connectivity index (χ4n) is 0.626. The molecule has 5 heteroatoms. The van der Waals surface area contributed by atoms with Crippen LogP contribution in [0.5, 0.6) is 0 Å². The Kier molecular flexibility index (Phi) is 2.31. The highest BCUT2D eigenvalue weighted by Gasteiger charge is 2.09. The first-order valence-corrected chi connectivity index (χ1v) is 3.43. The lowest BCUT2D eigenvalue weighted by Crippen LogP contribution is -2.25. The van der Waals surface area contributed by atoms with Crippen molar-refractivity contribution < 1.29 is 9.52 Å². The van der Waals surface area contributed by atoms with E-state index in [4.69, 9.17) is 23.2 Å². The van der Waals surface area contributed by atoms with Crippen LogP contribution >= 0.6 is 23.2 Å². The summed E-state index contributed by atoms with van der Waals surface area (Å²) in [5, 5.41) is 10.7. The molecule has 58 valence electrons. The van der Waals surface area contributed by atoms with Gasteiger partial charge in [0, 0.05) is 0 Å². The van der Waals surface area contributed by atoms with Crippen LogP contribution in [0.15, 0.2) is 12.4 Å². The van der Waals surface area contributed by atoms with Crippen molar-refractivity contribution in [2.75, 3.05) is 0 Å². The summed E-state index contributed by atoms with van der Waals surface area (Å²) in [4.78, 5) is 10.3. The van der Waals surface area contributed by atoms with Crippen molar-refractivity contribution >= 4 is 29.5 Å². The Balaban J connectivity index is 3.36. The van der Waals surface area contributed by atoms with Gasteiger partial charge in [-0.2, -0.15) is 4.73 Å². The van der Waals surface area contributed by atoms with E-state index in [0.717, 1.165) is 12.4 Å². The molecule has 1 aromatic rings. The largest absolute Gasteiger partial charge is 0.619 e. The zero-order valence-corrected chi connectivity index (χ0v) is 6.76. The summed E-state index contributed by atoms with van der Waals surface area (Å²) >= 11 is 11.0. The summed E-state index contributed by atoms with van der Waals surface area (Å²) < 4.78 is 0.442. The lowest BCUT2D eigenvalue weighted by molar-refractivity contribution is -0.605. The Bertz CT molecular complexity index is 278. The molecule has 3 nitrogen and oxygen atoms in total. The standard InChI is InChI=1S/C6H3Cl2NO2/c7-5-1-9(11)2-6(8)4(5)3-10/h1-3H. The maximum absolute atomic E-state index is 10.6. The van der Waals surface area contributed by atoms with Gasteiger partial charge in [-0.05, 0) is 0 Å². The normalized spacial score (nSPS) is 9.64. The first-order chi connectivity index (χ1) is 5.15. The fraction of sp³-hybridized carbons (Fsp3) is 0. The second kappa shape index (κ2) is 3.07. The van der Waals surface area contributed by atoms with Gasteiger partial charge in [0.1, 0.15) is 10.0 Å². The predicted molar refractivity (Wildman–Crippen MR) is 40.8 cm³/mol. The topological polar surface area (TPSA) is 44.0 Å². The Morgan fingerprint density at radius 3 is 2.18 bits per heavy atom. The van der Waals surface area contributed by atoms with Gasteiger partial charge in [-0.25, -0.2) is 0 Å². The van der Waals surface area contributed by atoms with Crippen LogP contribution in [-0.2, 0) is 0 Å². The average Bonchev–Trinajstić information content (AvgIpc) is 1.85. The minimum atomic E-state index is 0.0579. The van der Waals surface area contributed by atoms with E-state index < -0.39 is 0 Å². The van der Waals surface area contributed by atoms with Gasteiger partial charge in [-0.1, -0.05) is 23.2 Å². The minimum absolute atomic E-state index is 0.0579. The van der Waals surface area contributed by atoms with Crippen molar-refractivity contribution in [3.63, 3.8) is 0 Å². The van der Waals surface area contributed by atoms with Crippen LogP contribution in [0.1, 0.15) is 10.4 Å². The van der Waals surface area contributed by atoms with Crippen LogP contribution in [0.4, 0.5) is 0 Å². The number of aromatic nitrogens is 1. The molecule has 1 heterocycles. The van der Waals surface area contributed by atoms with Crippen molar-refractivity contribution in [3.8, 4) is 0 Å². The molecule has 0 unspecified atom stereocenters. The zero-order chi connectivity index (χ0) is 8.43. The molecule has 1 rings (SSSR count). The number of hydrogen-bond acceptors (Lipinski definition) is 2. The van der Waals surface area contributed by atoms with E-state index >= 15 is 0 Å². The van der Waals surface area contributed by atoms with Gasteiger partial charge in [-0.3, -0.25) is 4.79 Å². The van der Waals surface area contributed by atoms with Gasteiger partial charge in [0.2, 0.25) is 0 Å². The summed E-state index contributed by atoms with van der Waals surface area (Å²) in [6, 6.07) is 0. The van der Waals surface area contributed by atoms with Crippen molar-refractivity contribution in [1.29, 1.82) is 0 Å². The third-order valence-corrected chi connectivity index (χ3v) is 1.72. The van der Waals surface area contributed by atoms with Crippen LogP contribution < -0.4 is 4.73 Å². The Hall–Kier alpha value is -0.800. The molecule has 11 heavy (non-hydrogen) atoms. The quantitative estimate of drug-likeness (QED) is 0.383. The summed E-state index contributed by atoms with van der Waals surface area (Å²) in [5.41, 5.74) is 0.139. The molecule has 1 aromatic heterocycles. The molecule has 0 saturated carbocycles. The van der Waals surface area contributed by atoms with Gasteiger partial charge >= 0.3 is 0 Å². The number of hydrogen-bond donors (Lipinski definition) is 0. The molecular weight excluding hydrogens is 189 g/mol. The SMILES string of the molecule is O=Cc1c(Cl)c[n+]([O-])cc1Cl. The number of nitrogens with zero attached hydrogens (tertiary/aromatic N) is 1. The van der Waals surface area contributed by atoms with E-state index in [1.165, 1.54) is 0 Å². The molecule has 0 atom stereocenters. The molecule has 0 spiro atoms. The van der Waals surface area contributed by atoms with Gasteiger partial charge in [-0.15, -0.1) is 0 Å². The first kappa shape index (κ1) is 8.30. The van der Waals surface area contributed by atoms with Gasteiger partial charge in [0.15, 0.2) is 18.7 Å². The Morgan fingerprint density at radius 2 is 1.82 bits per heavy atom. The zero-order valence-electron chi connectivity index (χ0n) is 5.25. The van der Waals surface area contributed by atoms with E-state index in [1.807, 2.05) is 0 Å². The molecule has 0 aliphatic heterocycles. The Morgan fingerprint density at radius 1 is 1.36 bits per heavy atom. The molecule has 0 aliphatic rings. The van der Waals surface area contributed by atoms with Crippen molar-refractivity contribution in [3.05, 3.63) is 33.2 Å².